The van der Waals surface area contributed by atoms with Crippen molar-refractivity contribution >= 4 is 17.9 Å². The fourth-order valence-corrected chi connectivity index (χ4v) is 2.91. The lowest BCUT2D eigenvalue weighted by molar-refractivity contribution is 0.151. The molecule has 2 N–H and O–H groups in total. The number of pyridine rings is 1. The second kappa shape index (κ2) is 6.26. The second-order valence-corrected chi connectivity index (χ2v) is 5.89. The van der Waals surface area contributed by atoms with E-state index in [1.165, 1.54) is 16.6 Å². The fourth-order valence-electron chi connectivity index (χ4n) is 2.73. The van der Waals surface area contributed by atoms with Gasteiger partial charge in [0.05, 0.1) is 17.0 Å². The molecule has 6 nitrogen and oxygen atoms in total. The van der Waals surface area contributed by atoms with Crippen molar-refractivity contribution in [2.45, 2.75) is 6.43 Å². The molecular formula is C17H11F2N5OS. The van der Waals surface area contributed by atoms with Crippen LogP contribution in [0.25, 0.3) is 28.2 Å². The van der Waals surface area contributed by atoms with Crippen molar-refractivity contribution in [3.63, 3.8) is 0 Å². The molecule has 0 amide bonds. The van der Waals surface area contributed by atoms with Crippen molar-refractivity contribution in [3.05, 3.63) is 69.5 Å². The molecule has 0 saturated carbocycles. The lowest BCUT2D eigenvalue weighted by Gasteiger charge is -2.05. The SMILES string of the molecule is O=c1[nH]c(=S)nc2c(-c3ccc(C(F)F)cc3)c(-c3ccccn3)[nH]n12. The summed E-state index contributed by atoms with van der Waals surface area (Å²) >= 11 is 5.01. The van der Waals surface area contributed by atoms with E-state index in [1.807, 2.05) is 0 Å². The van der Waals surface area contributed by atoms with Crippen molar-refractivity contribution in [1.82, 2.24) is 24.6 Å². The van der Waals surface area contributed by atoms with Gasteiger partial charge < -0.3 is 0 Å². The maximum Gasteiger partial charge on any atom is 0.348 e. The molecule has 9 heteroatoms. The first-order valence-corrected chi connectivity index (χ1v) is 8.00. The summed E-state index contributed by atoms with van der Waals surface area (Å²) < 4.78 is 27.0. The number of aromatic amines is 2. The second-order valence-electron chi connectivity index (χ2n) is 5.51. The Balaban J connectivity index is 2.05. The Kier molecular flexibility index (Phi) is 3.92. The Morgan fingerprint density at radius 1 is 1.12 bits per heavy atom. The number of rotatable bonds is 3. The molecule has 4 rings (SSSR count). The summed E-state index contributed by atoms with van der Waals surface area (Å²) in [7, 11) is 0. The van der Waals surface area contributed by atoms with E-state index in [4.69, 9.17) is 12.2 Å². The Morgan fingerprint density at radius 3 is 2.54 bits per heavy atom. The standard InChI is InChI=1S/C17H11F2N5OS/c18-14(19)10-6-4-9(5-7-10)12-13(11-3-1-2-8-20-11)23-24-15(12)21-16(26)22-17(24)25/h1-8,14,23H,(H,22,25,26). The summed E-state index contributed by atoms with van der Waals surface area (Å²) in [6.45, 7) is 0. The Morgan fingerprint density at radius 2 is 1.88 bits per heavy atom. The van der Waals surface area contributed by atoms with Gasteiger partial charge >= 0.3 is 5.69 Å². The van der Waals surface area contributed by atoms with Crippen LogP contribution in [0.2, 0.25) is 0 Å². The third-order valence-corrected chi connectivity index (χ3v) is 4.10. The average Bonchev–Trinajstić information content (AvgIpc) is 3.02. The summed E-state index contributed by atoms with van der Waals surface area (Å²) in [4.78, 5) is 23.2. The molecule has 0 atom stereocenters. The summed E-state index contributed by atoms with van der Waals surface area (Å²) in [5, 5.41) is 2.97. The van der Waals surface area contributed by atoms with Gasteiger partial charge in [0.25, 0.3) is 6.43 Å². The Labute approximate surface area is 150 Å². The highest BCUT2D eigenvalue weighted by Crippen LogP contribution is 2.33. The van der Waals surface area contributed by atoms with Crippen LogP contribution in [0.3, 0.4) is 0 Å². The van der Waals surface area contributed by atoms with E-state index in [2.05, 4.69) is 20.1 Å². The van der Waals surface area contributed by atoms with Crippen molar-refractivity contribution in [2.75, 3.05) is 0 Å². The minimum absolute atomic E-state index is 0.0343. The summed E-state index contributed by atoms with van der Waals surface area (Å²) in [5.41, 5.74) is 2.01. The number of halogens is 2. The van der Waals surface area contributed by atoms with E-state index >= 15 is 0 Å². The van der Waals surface area contributed by atoms with E-state index in [9.17, 15) is 13.6 Å². The van der Waals surface area contributed by atoms with Gasteiger partial charge in [0.15, 0.2) is 5.65 Å². The largest absolute Gasteiger partial charge is 0.348 e. The molecule has 1 aromatic carbocycles. The lowest BCUT2D eigenvalue weighted by atomic mass is 10.0. The van der Waals surface area contributed by atoms with Gasteiger partial charge in [-0.25, -0.2) is 13.6 Å². The summed E-state index contributed by atoms with van der Waals surface area (Å²) in [6.07, 6.45) is -0.942. The fraction of sp³-hybridized carbons (Fsp3) is 0.0588. The van der Waals surface area contributed by atoms with Gasteiger partial charge in [-0.05, 0) is 29.9 Å². The van der Waals surface area contributed by atoms with E-state index < -0.39 is 12.1 Å². The number of H-pyrrole nitrogens is 2. The topological polar surface area (TPSA) is 78.8 Å². The monoisotopic (exact) mass is 371 g/mol. The van der Waals surface area contributed by atoms with Crippen molar-refractivity contribution in [1.29, 1.82) is 0 Å². The van der Waals surface area contributed by atoms with Gasteiger partial charge in [-0.15, -0.1) is 0 Å². The van der Waals surface area contributed by atoms with E-state index in [1.54, 1.807) is 36.5 Å². The number of nitrogens with zero attached hydrogens (tertiary/aromatic N) is 3. The molecule has 0 radical (unpaired) electrons. The summed E-state index contributed by atoms with van der Waals surface area (Å²) in [6, 6.07) is 11.1. The van der Waals surface area contributed by atoms with Gasteiger partial charge in [-0.1, -0.05) is 30.3 Å². The van der Waals surface area contributed by atoms with Crippen LogP contribution in [0.5, 0.6) is 0 Å². The number of hydrogen-bond acceptors (Lipinski definition) is 4. The maximum absolute atomic E-state index is 12.9. The van der Waals surface area contributed by atoms with Gasteiger partial charge in [-0.2, -0.15) is 9.50 Å². The predicted molar refractivity (Wildman–Crippen MR) is 94.6 cm³/mol. The molecule has 26 heavy (non-hydrogen) atoms. The Bertz CT molecular complexity index is 1200. The zero-order chi connectivity index (χ0) is 18.3. The van der Waals surface area contributed by atoms with Gasteiger partial charge in [0.1, 0.15) is 0 Å². The third-order valence-electron chi connectivity index (χ3n) is 3.91. The van der Waals surface area contributed by atoms with Crippen molar-refractivity contribution < 1.29 is 8.78 Å². The highest BCUT2D eigenvalue weighted by Gasteiger charge is 2.19. The van der Waals surface area contributed by atoms with E-state index in [0.29, 0.717) is 28.2 Å². The van der Waals surface area contributed by atoms with E-state index in [-0.39, 0.29) is 10.3 Å². The molecule has 0 aliphatic heterocycles. The minimum Gasteiger partial charge on any atom is -0.285 e. The number of hydrogen-bond donors (Lipinski definition) is 2. The first-order valence-electron chi connectivity index (χ1n) is 7.59. The van der Waals surface area contributed by atoms with Crippen molar-refractivity contribution in [2.24, 2.45) is 0 Å². The number of aromatic nitrogens is 5. The maximum atomic E-state index is 12.9. The number of nitrogens with one attached hydrogen (secondary N) is 2. The lowest BCUT2D eigenvalue weighted by Crippen LogP contribution is -2.18. The zero-order valence-electron chi connectivity index (χ0n) is 13.1. The highest BCUT2D eigenvalue weighted by molar-refractivity contribution is 7.71. The average molecular weight is 371 g/mol. The number of fused-ring (bicyclic) bond motifs is 1. The minimum atomic E-state index is -2.56. The number of alkyl halides is 2. The quantitative estimate of drug-likeness (QED) is 0.538. The normalized spacial score (nSPS) is 11.3. The summed E-state index contributed by atoms with van der Waals surface area (Å²) in [5.74, 6) is 0. The molecule has 0 unspecified atom stereocenters. The smallest absolute Gasteiger partial charge is 0.285 e. The van der Waals surface area contributed by atoms with Crippen LogP contribution in [0.1, 0.15) is 12.0 Å². The van der Waals surface area contributed by atoms with Crippen LogP contribution in [0.4, 0.5) is 8.78 Å². The van der Waals surface area contributed by atoms with Gasteiger partial charge in [-0.3, -0.25) is 15.1 Å². The van der Waals surface area contributed by atoms with Crippen LogP contribution in [-0.4, -0.2) is 24.6 Å². The van der Waals surface area contributed by atoms with Crippen molar-refractivity contribution in [3.8, 4) is 22.5 Å². The van der Waals surface area contributed by atoms with E-state index in [0.717, 1.165) is 0 Å². The van der Waals surface area contributed by atoms with Crippen LogP contribution < -0.4 is 5.69 Å². The third kappa shape index (κ3) is 2.72. The molecule has 0 fully saturated rings. The molecule has 130 valence electrons. The highest BCUT2D eigenvalue weighted by atomic mass is 32.1. The van der Waals surface area contributed by atoms with Crippen LogP contribution in [-0.2, 0) is 0 Å². The van der Waals surface area contributed by atoms with Crippen LogP contribution in [0, 0.1) is 4.77 Å². The van der Waals surface area contributed by atoms with Crippen LogP contribution in [0.15, 0.2) is 53.5 Å². The van der Waals surface area contributed by atoms with Gasteiger partial charge in [0.2, 0.25) is 4.77 Å². The first kappa shape index (κ1) is 16.3. The molecule has 0 spiro atoms. The Hall–Kier alpha value is -3.20. The number of benzene rings is 1. The molecular weight excluding hydrogens is 360 g/mol. The molecule has 4 aromatic rings. The zero-order valence-corrected chi connectivity index (χ0v) is 13.9. The molecule has 3 heterocycles. The predicted octanol–water partition coefficient (Wildman–Crippen LogP) is 3.75. The molecule has 0 saturated heterocycles. The molecule has 0 bridgehead atoms. The first-order chi connectivity index (χ1) is 12.5. The van der Waals surface area contributed by atoms with Crippen LogP contribution >= 0.6 is 12.2 Å². The molecule has 3 aromatic heterocycles. The van der Waals surface area contributed by atoms with Gasteiger partial charge in [0, 0.05) is 11.8 Å². The molecule has 0 aliphatic rings. The molecule has 0 aliphatic carbocycles.